The summed E-state index contributed by atoms with van der Waals surface area (Å²) in [5.74, 6) is 1.98. The average molecular weight is 252 g/mol. The predicted molar refractivity (Wildman–Crippen MR) is 78.9 cm³/mol. The largest absolute Gasteiger partial charge is 0.316 e. The maximum atomic E-state index is 3.52. The van der Waals surface area contributed by atoms with E-state index in [9.17, 15) is 0 Å². The van der Waals surface area contributed by atoms with Crippen LogP contribution in [0.5, 0.6) is 0 Å². The van der Waals surface area contributed by atoms with Crippen molar-refractivity contribution >= 4 is 0 Å². The lowest BCUT2D eigenvalue weighted by Crippen LogP contribution is -2.32. The van der Waals surface area contributed by atoms with Crippen LogP contribution in [0.25, 0.3) is 0 Å². The molecule has 2 heteroatoms. The van der Waals surface area contributed by atoms with E-state index in [4.69, 9.17) is 0 Å². The molecule has 1 heterocycles. The van der Waals surface area contributed by atoms with Gasteiger partial charge >= 0.3 is 0 Å². The van der Waals surface area contributed by atoms with Crippen LogP contribution in [0.15, 0.2) is 0 Å². The van der Waals surface area contributed by atoms with Crippen molar-refractivity contribution in [2.24, 2.45) is 11.8 Å². The molecule has 1 saturated heterocycles. The molecule has 0 spiro atoms. The Hall–Kier alpha value is -0.0800. The van der Waals surface area contributed by atoms with Crippen molar-refractivity contribution in [3.63, 3.8) is 0 Å². The van der Waals surface area contributed by atoms with Crippen molar-refractivity contribution in [2.75, 3.05) is 33.2 Å². The van der Waals surface area contributed by atoms with Gasteiger partial charge in [0.15, 0.2) is 0 Å². The molecule has 2 aliphatic rings. The third kappa shape index (κ3) is 5.27. The Morgan fingerprint density at radius 1 is 0.889 bits per heavy atom. The third-order valence-corrected chi connectivity index (χ3v) is 4.96. The van der Waals surface area contributed by atoms with Crippen LogP contribution >= 0.6 is 0 Å². The highest BCUT2D eigenvalue weighted by Gasteiger charge is 2.15. The molecule has 0 radical (unpaired) electrons. The first-order valence-electron chi connectivity index (χ1n) is 8.24. The fourth-order valence-corrected chi connectivity index (χ4v) is 3.56. The summed E-state index contributed by atoms with van der Waals surface area (Å²) >= 11 is 0. The SMILES string of the molecule is CN(CCC1CCCCC1)CCC1CCCNC1. The molecular weight excluding hydrogens is 220 g/mol. The highest BCUT2D eigenvalue weighted by molar-refractivity contribution is 4.71. The average Bonchev–Trinajstić information content (AvgIpc) is 2.45. The molecule has 2 rings (SSSR count). The molecule has 1 unspecified atom stereocenters. The van der Waals surface area contributed by atoms with Crippen molar-refractivity contribution in [3.05, 3.63) is 0 Å². The zero-order valence-corrected chi connectivity index (χ0v) is 12.3. The maximum Gasteiger partial charge on any atom is -0.00187 e. The van der Waals surface area contributed by atoms with E-state index in [0.717, 1.165) is 11.8 Å². The topological polar surface area (TPSA) is 15.3 Å². The highest BCUT2D eigenvalue weighted by atomic mass is 15.1. The molecule has 18 heavy (non-hydrogen) atoms. The molecule has 0 amide bonds. The highest BCUT2D eigenvalue weighted by Crippen LogP contribution is 2.26. The fraction of sp³-hybridized carbons (Fsp3) is 1.00. The molecule has 1 aliphatic carbocycles. The smallest absolute Gasteiger partial charge is 0.00187 e. The van der Waals surface area contributed by atoms with Crippen LogP contribution in [0.4, 0.5) is 0 Å². The van der Waals surface area contributed by atoms with Crippen LogP contribution in [0.3, 0.4) is 0 Å². The summed E-state index contributed by atoms with van der Waals surface area (Å²) in [6, 6.07) is 0. The van der Waals surface area contributed by atoms with E-state index in [1.54, 1.807) is 0 Å². The first kappa shape index (κ1) is 14.3. The molecule has 1 N–H and O–H groups in total. The van der Waals surface area contributed by atoms with E-state index in [2.05, 4.69) is 17.3 Å². The van der Waals surface area contributed by atoms with Gasteiger partial charge in [-0.15, -0.1) is 0 Å². The molecule has 2 fully saturated rings. The Bertz CT molecular complexity index is 183. The van der Waals surface area contributed by atoms with Crippen LogP contribution in [0.2, 0.25) is 0 Å². The van der Waals surface area contributed by atoms with Crippen LogP contribution in [-0.2, 0) is 0 Å². The number of nitrogens with one attached hydrogen (secondary N) is 1. The minimum atomic E-state index is 0.941. The van der Waals surface area contributed by atoms with E-state index in [1.807, 2.05) is 0 Å². The number of rotatable bonds is 6. The zero-order chi connectivity index (χ0) is 12.6. The van der Waals surface area contributed by atoms with Crippen molar-refractivity contribution in [1.82, 2.24) is 10.2 Å². The number of nitrogens with zero attached hydrogens (tertiary/aromatic N) is 1. The van der Waals surface area contributed by atoms with Gasteiger partial charge in [0, 0.05) is 0 Å². The molecule has 106 valence electrons. The lowest BCUT2D eigenvalue weighted by atomic mass is 9.87. The Labute approximate surface area is 114 Å². The fourth-order valence-electron chi connectivity index (χ4n) is 3.56. The summed E-state index contributed by atoms with van der Waals surface area (Å²) in [4.78, 5) is 2.57. The zero-order valence-electron chi connectivity index (χ0n) is 12.3. The van der Waals surface area contributed by atoms with Crippen molar-refractivity contribution in [2.45, 2.75) is 57.8 Å². The quantitative estimate of drug-likeness (QED) is 0.780. The van der Waals surface area contributed by atoms with E-state index in [0.29, 0.717) is 0 Å². The second-order valence-corrected chi connectivity index (χ2v) is 6.60. The number of hydrogen-bond acceptors (Lipinski definition) is 2. The summed E-state index contributed by atoms with van der Waals surface area (Å²) in [7, 11) is 2.32. The minimum Gasteiger partial charge on any atom is -0.316 e. The lowest BCUT2D eigenvalue weighted by molar-refractivity contribution is 0.241. The summed E-state index contributed by atoms with van der Waals surface area (Å²) in [5, 5.41) is 3.52. The van der Waals surface area contributed by atoms with Crippen molar-refractivity contribution in [3.8, 4) is 0 Å². The predicted octanol–water partition coefficient (Wildman–Crippen LogP) is 3.28. The Balaban J connectivity index is 1.52. The van der Waals surface area contributed by atoms with Gasteiger partial charge in [-0.2, -0.15) is 0 Å². The molecule has 1 aliphatic heterocycles. The van der Waals surface area contributed by atoms with Gasteiger partial charge in [0.2, 0.25) is 0 Å². The molecule has 0 bridgehead atoms. The molecule has 1 saturated carbocycles. The molecule has 1 atom stereocenters. The summed E-state index contributed by atoms with van der Waals surface area (Å²) in [5.41, 5.74) is 0. The van der Waals surface area contributed by atoms with Crippen LogP contribution < -0.4 is 5.32 Å². The van der Waals surface area contributed by atoms with Crippen LogP contribution in [0.1, 0.15) is 57.8 Å². The van der Waals surface area contributed by atoms with Gasteiger partial charge in [0.05, 0.1) is 0 Å². The lowest BCUT2D eigenvalue weighted by Gasteiger charge is -2.27. The van der Waals surface area contributed by atoms with E-state index < -0.39 is 0 Å². The number of piperidine rings is 1. The number of hydrogen-bond donors (Lipinski definition) is 1. The summed E-state index contributed by atoms with van der Waals surface area (Å²) in [6.45, 7) is 5.13. The molecule has 0 aromatic rings. The Morgan fingerprint density at radius 3 is 2.22 bits per heavy atom. The molecule has 0 aromatic heterocycles. The molecule has 0 aromatic carbocycles. The monoisotopic (exact) mass is 252 g/mol. The summed E-state index contributed by atoms with van der Waals surface area (Å²) in [6.07, 6.45) is 13.1. The van der Waals surface area contributed by atoms with E-state index >= 15 is 0 Å². The first-order chi connectivity index (χ1) is 8.84. The second kappa shape index (κ2) is 8.16. The molecule has 2 nitrogen and oxygen atoms in total. The van der Waals surface area contributed by atoms with Gasteiger partial charge in [-0.3, -0.25) is 0 Å². The third-order valence-electron chi connectivity index (χ3n) is 4.96. The van der Waals surface area contributed by atoms with Crippen molar-refractivity contribution in [1.29, 1.82) is 0 Å². The normalized spacial score (nSPS) is 26.7. The van der Waals surface area contributed by atoms with Gasteiger partial charge in [-0.05, 0) is 70.7 Å². The molecular formula is C16H32N2. The van der Waals surface area contributed by atoms with Gasteiger partial charge in [0.25, 0.3) is 0 Å². The van der Waals surface area contributed by atoms with Gasteiger partial charge < -0.3 is 10.2 Å². The van der Waals surface area contributed by atoms with Gasteiger partial charge in [0.1, 0.15) is 0 Å². The second-order valence-electron chi connectivity index (χ2n) is 6.60. The van der Waals surface area contributed by atoms with Crippen LogP contribution in [-0.4, -0.2) is 38.1 Å². The van der Waals surface area contributed by atoms with Crippen molar-refractivity contribution < 1.29 is 0 Å². The minimum absolute atomic E-state index is 0.941. The van der Waals surface area contributed by atoms with E-state index in [1.165, 1.54) is 84.0 Å². The summed E-state index contributed by atoms with van der Waals surface area (Å²) < 4.78 is 0. The van der Waals surface area contributed by atoms with E-state index in [-0.39, 0.29) is 0 Å². The first-order valence-corrected chi connectivity index (χ1v) is 8.24. The van der Waals surface area contributed by atoms with Gasteiger partial charge in [-0.1, -0.05) is 32.1 Å². The Kier molecular flexibility index (Phi) is 6.50. The standard InChI is InChI=1S/C16H32N2/c1-18(12-9-15-6-3-2-4-7-15)13-10-16-8-5-11-17-14-16/h15-17H,2-14H2,1H3. The van der Waals surface area contributed by atoms with Gasteiger partial charge in [-0.25, -0.2) is 0 Å². The Morgan fingerprint density at radius 2 is 1.56 bits per heavy atom. The van der Waals surface area contributed by atoms with Crippen LogP contribution in [0, 0.1) is 11.8 Å². The maximum absolute atomic E-state index is 3.52.